The van der Waals surface area contributed by atoms with E-state index in [1.165, 1.54) is 10.4 Å². The molecule has 1 aromatic carbocycles. The Labute approximate surface area is 114 Å². The standard InChI is InChI=1S/C14H12ClNOS/c1-9-6-7-18-14(9)10(15)8-13-16-11-4-2-3-5-12(11)17-13/h2-7,10H,8H2,1H3. The normalized spacial score (nSPS) is 13.0. The maximum absolute atomic E-state index is 6.43. The first-order valence-corrected chi connectivity index (χ1v) is 7.08. The molecule has 2 aromatic heterocycles. The van der Waals surface area contributed by atoms with Gasteiger partial charge in [0.25, 0.3) is 0 Å². The Balaban J connectivity index is 1.86. The fourth-order valence-electron chi connectivity index (χ4n) is 1.96. The fourth-order valence-corrected chi connectivity index (χ4v) is 3.32. The second-order valence-electron chi connectivity index (χ2n) is 4.21. The van der Waals surface area contributed by atoms with Crippen LogP contribution in [0.1, 0.15) is 21.7 Å². The molecule has 0 fully saturated rings. The van der Waals surface area contributed by atoms with Crippen molar-refractivity contribution >= 4 is 34.0 Å². The molecule has 3 rings (SSSR count). The van der Waals surface area contributed by atoms with Crippen LogP contribution in [0.15, 0.2) is 40.1 Å². The Morgan fingerprint density at radius 1 is 1.33 bits per heavy atom. The lowest BCUT2D eigenvalue weighted by Gasteiger charge is -2.05. The van der Waals surface area contributed by atoms with Gasteiger partial charge in [-0.3, -0.25) is 0 Å². The summed E-state index contributed by atoms with van der Waals surface area (Å²) in [5, 5.41) is 1.99. The number of hydrogen-bond donors (Lipinski definition) is 0. The molecule has 3 aromatic rings. The SMILES string of the molecule is Cc1ccsc1C(Cl)Cc1nc2ccccc2o1. The predicted molar refractivity (Wildman–Crippen MR) is 75.4 cm³/mol. The zero-order chi connectivity index (χ0) is 12.5. The Morgan fingerprint density at radius 3 is 2.89 bits per heavy atom. The van der Waals surface area contributed by atoms with Crippen LogP contribution < -0.4 is 0 Å². The molecule has 18 heavy (non-hydrogen) atoms. The van der Waals surface area contributed by atoms with Crippen LogP contribution in [0.4, 0.5) is 0 Å². The highest BCUT2D eigenvalue weighted by Gasteiger charge is 2.16. The summed E-state index contributed by atoms with van der Waals surface area (Å²) in [6.07, 6.45) is 0.623. The van der Waals surface area contributed by atoms with Gasteiger partial charge in [-0.25, -0.2) is 4.98 Å². The van der Waals surface area contributed by atoms with Gasteiger partial charge in [0.2, 0.25) is 0 Å². The first-order valence-electron chi connectivity index (χ1n) is 5.76. The van der Waals surface area contributed by atoms with Gasteiger partial charge in [0, 0.05) is 11.3 Å². The van der Waals surface area contributed by atoms with E-state index in [2.05, 4.69) is 23.4 Å². The number of oxazole rings is 1. The van der Waals surface area contributed by atoms with E-state index in [0.717, 1.165) is 11.1 Å². The molecule has 1 atom stereocenters. The summed E-state index contributed by atoms with van der Waals surface area (Å²) < 4.78 is 5.69. The number of benzene rings is 1. The summed E-state index contributed by atoms with van der Waals surface area (Å²) in [7, 11) is 0. The van der Waals surface area contributed by atoms with Crippen molar-refractivity contribution in [2.24, 2.45) is 0 Å². The molecule has 2 nitrogen and oxygen atoms in total. The summed E-state index contributed by atoms with van der Waals surface area (Å²) in [4.78, 5) is 5.64. The summed E-state index contributed by atoms with van der Waals surface area (Å²) in [5.41, 5.74) is 2.94. The Bertz CT molecular complexity index is 640. The highest BCUT2D eigenvalue weighted by atomic mass is 35.5. The van der Waals surface area contributed by atoms with Crippen molar-refractivity contribution in [3.63, 3.8) is 0 Å². The van der Waals surface area contributed by atoms with Gasteiger partial charge in [0.1, 0.15) is 5.52 Å². The van der Waals surface area contributed by atoms with E-state index in [4.69, 9.17) is 16.0 Å². The minimum atomic E-state index is -0.0712. The number of hydrogen-bond acceptors (Lipinski definition) is 3. The third kappa shape index (κ3) is 2.16. The minimum absolute atomic E-state index is 0.0712. The lowest BCUT2D eigenvalue weighted by molar-refractivity contribution is 0.526. The predicted octanol–water partition coefficient (Wildman–Crippen LogP) is 4.72. The van der Waals surface area contributed by atoms with E-state index in [-0.39, 0.29) is 5.38 Å². The molecule has 2 heterocycles. The van der Waals surface area contributed by atoms with E-state index in [0.29, 0.717) is 12.3 Å². The smallest absolute Gasteiger partial charge is 0.197 e. The molecular formula is C14H12ClNOS. The van der Waals surface area contributed by atoms with Crippen molar-refractivity contribution in [3.05, 3.63) is 52.0 Å². The van der Waals surface area contributed by atoms with Gasteiger partial charge in [-0.15, -0.1) is 22.9 Å². The van der Waals surface area contributed by atoms with Crippen molar-refractivity contribution in [2.75, 3.05) is 0 Å². The van der Waals surface area contributed by atoms with Gasteiger partial charge < -0.3 is 4.42 Å². The van der Waals surface area contributed by atoms with E-state index >= 15 is 0 Å². The number of halogens is 1. The number of aryl methyl sites for hydroxylation is 1. The molecule has 0 N–H and O–H groups in total. The van der Waals surface area contributed by atoms with Crippen LogP contribution in [0.5, 0.6) is 0 Å². The Kier molecular flexibility index (Phi) is 3.10. The van der Waals surface area contributed by atoms with Crippen LogP contribution in [0.2, 0.25) is 0 Å². The Hall–Kier alpha value is -1.32. The summed E-state index contributed by atoms with van der Waals surface area (Å²) in [6, 6.07) is 9.85. The molecule has 0 saturated carbocycles. The van der Waals surface area contributed by atoms with Crippen LogP contribution in [-0.4, -0.2) is 4.98 Å². The van der Waals surface area contributed by atoms with Gasteiger partial charge >= 0.3 is 0 Å². The summed E-state index contributed by atoms with van der Waals surface area (Å²) in [5.74, 6) is 0.698. The number of aromatic nitrogens is 1. The van der Waals surface area contributed by atoms with Crippen molar-refractivity contribution in [1.82, 2.24) is 4.98 Å². The van der Waals surface area contributed by atoms with Gasteiger partial charge in [0.15, 0.2) is 11.5 Å². The van der Waals surface area contributed by atoms with Gasteiger partial charge in [0.05, 0.1) is 5.38 Å². The van der Waals surface area contributed by atoms with E-state index in [9.17, 15) is 0 Å². The summed E-state index contributed by atoms with van der Waals surface area (Å²) >= 11 is 8.11. The molecule has 0 bridgehead atoms. The maximum Gasteiger partial charge on any atom is 0.197 e. The van der Waals surface area contributed by atoms with Gasteiger partial charge in [-0.2, -0.15) is 0 Å². The van der Waals surface area contributed by atoms with E-state index in [1.54, 1.807) is 11.3 Å². The molecule has 0 radical (unpaired) electrons. The van der Waals surface area contributed by atoms with Crippen molar-refractivity contribution in [1.29, 1.82) is 0 Å². The number of fused-ring (bicyclic) bond motifs is 1. The van der Waals surface area contributed by atoms with Crippen LogP contribution in [0.25, 0.3) is 11.1 Å². The third-order valence-electron chi connectivity index (χ3n) is 2.88. The molecule has 0 aliphatic heterocycles. The monoisotopic (exact) mass is 277 g/mol. The molecule has 92 valence electrons. The molecule has 0 amide bonds. The van der Waals surface area contributed by atoms with Gasteiger partial charge in [-0.1, -0.05) is 12.1 Å². The zero-order valence-electron chi connectivity index (χ0n) is 9.89. The molecular weight excluding hydrogens is 266 g/mol. The average molecular weight is 278 g/mol. The van der Waals surface area contributed by atoms with Gasteiger partial charge in [-0.05, 0) is 36.1 Å². The number of nitrogens with zero attached hydrogens (tertiary/aromatic N) is 1. The first kappa shape index (κ1) is 11.8. The number of thiophene rings is 1. The third-order valence-corrected chi connectivity index (χ3v) is 4.51. The number of alkyl halides is 1. The fraction of sp³-hybridized carbons (Fsp3) is 0.214. The topological polar surface area (TPSA) is 26.0 Å². The van der Waals surface area contributed by atoms with Crippen molar-refractivity contribution in [2.45, 2.75) is 18.7 Å². The quantitative estimate of drug-likeness (QED) is 0.648. The van der Waals surface area contributed by atoms with E-state index in [1.807, 2.05) is 24.3 Å². The maximum atomic E-state index is 6.43. The van der Waals surface area contributed by atoms with Crippen LogP contribution in [0, 0.1) is 6.92 Å². The lowest BCUT2D eigenvalue weighted by atomic mass is 10.2. The molecule has 1 unspecified atom stereocenters. The molecule has 0 spiro atoms. The highest BCUT2D eigenvalue weighted by molar-refractivity contribution is 7.10. The zero-order valence-corrected chi connectivity index (χ0v) is 11.5. The first-order chi connectivity index (χ1) is 8.74. The second kappa shape index (κ2) is 4.75. The number of para-hydroxylation sites is 2. The molecule has 0 aliphatic rings. The largest absolute Gasteiger partial charge is 0.441 e. The summed E-state index contributed by atoms with van der Waals surface area (Å²) in [6.45, 7) is 2.08. The molecule has 4 heteroatoms. The van der Waals surface area contributed by atoms with Crippen molar-refractivity contribution < 1.29 is 4.42 Å². The molecule has 0 aliphatic carbocycles. The van der Waals surface area contributed by atoms with Crippen LogP contribution >= 0.6 is 22.9 Å². The molecule has 0 saturated heterocycles. The Morgan fingerprint density at radius 2 is 2.17 bits per heavy atom. The van der Waals surface area contributed by atoms with Crippen molar-refractivity contribution in [3.8, 4) is 0 Å². The second-order valence-corrected chi connectivity index (χ2v) is 5.69. The minimum Gasteiger partial charge on any atom is -0.441 e. The van der Waals surface area contributed by atoms with Crippen LogP contribution in [0.3, 0.4) is 0 Å². The number of rotatable bonds is 3. The van der Waals surface area contributed by atoms with Crippen LogP contribution in [-0.2, 0) is 6.42 Å². The lowest BCUT2D eigenvalue weighted by Crippen LogP contribution is -1.95. The highest BCUT2D eigenvalue weighted by Crippen LogP contribution is 2.32. The van der Waals surface area contributed by atoms with E-state index < -0.39 is 0 Å². The average Bonchev–Trinajstić information content (AvgIpc) is 2.94.